The second kappa shape index (κ2) is 13.9. The molecule has 6 heterocycles. The molecule has 72 heavy (non-hydrogen) atoms. The third kappa shape index (κ3) is 4.97. The van der Waals surface area contributed by atoms with Gasteiger partial charge in [-0.25, -0.2) is 0 Å². The molecule has 0 amide bonds. The average molecular weight is 919 g/mol. The van der Waals surface area contributed by atoms with E-state index in [0.717, 1.165) is 78.0 Å². The van der Waals surface area contributed by atoms with Crippen molar-refractivity contribution in [3.63, 3.8) is 0 Å². The fourth-order valence-electron chi connectivity index (χ4n) is 12.6. The van der Waals surface area contributed by atoms with Crippen molar-refractivity contribution in [3.05, 3.63) is 231 Å². The molecule has 11 aromatic carbocycles. The van der Waals surface area contributed by atoms with Gasteiger partial charge in [-0.2, -0.15) is 0 Å². The van der Waals surface area contributed by atoms with E-state index in [1.54, 1.807) is 0 Å². The number of para-hydroxylation sites is 6. The van der Waals surface area contributed by atoms with Crippen molar-refractivity contribution in [2.24, 2.45) is 0 Å². The molecule has 0 fully saturated rings. The maximum Gasteiger partial charge on any atom is 0.135 e. The molecular weight excluding hydrogens is 881 g/mol. The van der Waals surface area contributed by atoms with Gasteiger partial charge in [-0.3, -0.25) is 0 Å². The van der Waals surface area contributed by atoms with Gasteiger partial charge in [0.1, 0.15) is 22.3 Å². The predicted molar refractivity (Wildman–Crippen MR) is 300 cm³/mol. The summed E-state index contributed by atoms with van der Waals surface area (Å²) in [5.74, 6) is 0. The van der Waals surface area contributed by atoms with Gasteiger partial charge in [0.05, 0.1) is 33.1 Å². The maximum atomic E-state index is 6.34. The molecule has 0 aliphatic rings. The Hall–Kier alpha value is -9.78. The number of benzene rings is 11. The Labute approximate surface area is 410 Å². The van der Waals surface area contributed by atoms with Crippen molar-refractivity contribution in [3.8, 4) is 0 Å². The van der Waals surface area contributed by atoms with E-state index >= 15 is 0 Å². The van der Waals surface area contributed by atoms with Crippen molar-refractivity contribution < 1.29 is 8.83 Å². The number of furan rings is 2. The minimum absolute atomic E-state index is 0.877. The van der Waals surface area contributed by atoms with Crippen molar-refractivity contribution in [1.82, 2.24) is 8.80 Å². The van der Waals surface area contributed by atoms with E-state index in [0.29, 0.717) is 0 Å². The number of anilines is 6. The maximum absolute atomic E-state index is 6.34. The first-order valence-electron chi connectivity index (χ1n) is 24.6. The normalized spacial score (nSPS) is 12.4. The molecule has 17 aromatic rings. The van der Waals surface area contributed by atoms with Crippen molar-refractivity contribution in [1.29, 1.82) is 0 Å². The lowest BCUT2D eigenvalue weighted by atomic mass is 9.97. The Morgan fingerprint density at radius 3 is 1.00 bits per heavy atom. The molecule has 0 N–H and O–H groups in total. The van der Waals surface area contributed by atoms with E-state index in [9.17, 15) is 0 Å². The van der Waals surface area contributed by atoms with Gasteiger partial charge in [0.25, 0.3) is 0 Å². The molecule has 6 aromatic heterocycles. The van der Waals surface area contributed by atoms with E-state index in [1.165, 1.54) is 76.2 Å². The van der Waals surface area contributed by atoms with Crippen LogP contribution in [0, 0.1) is 0 Å². The summed E-state index contributed by atoms with van der Waals surface area (Å²) in [6, 6.07) is 83.4. The molecule has 0 aliphatic carbocycles. The van der Waals surface area contributed by atoms with Crippen LogP contribution >= 0.6 is 0 Å². The molecule has 0 saturated carbocycles. The van der Waals surface area contributed by atoms with Gasteiger partial charge in [-0.1, -0.05) is 109 Å². The summed E-state index contributed by atoms with van der Waals surface area (Å²) in [5, 5.41) is 14.4. The molecular formula is C66H38N4O2. The van der Waals surface area contributed by atoms with Crippen LogP contribution in [-0.4, -0.2) is 8.80 Å². The molecule has 17 rings (SSSR count). The van der Waals surface area contributed by atoms with Gasteiger partial charge in [0.2, 0.25) is 0 Å². The zero-order valence-electron chi connectivity index (χ0n) is 38.5. The molecule has 334 valence electrons. The highest BCUT2D eigenvalue weighted by atomic mass is 16.3. The SMILES string of the molecule is c1ccc(N(c2ccc3oc4ccccc4c3c2)c2ccc3c(c2)c2c4c5cc(N(c6ccccc6)c6ccc7oc8ccccc8c7c6)ccc5n5c6ccccc6c(c6c7ccccc7n3c62)c45)cc1. The van der Waals surface area contributed by atoms with Crippen LogP contribution in [0.3, 0.4) is 0 Å². The largest absolute Gasteiger partial charge is 0.456 e. The molecule has 0 saturated heterocycles. The van der Waals surface area contributed by atoms with E-state index in [4.69, 9.17) is 8.83 Å². The van der Waals surface area contributed by atoms with Crippen LogP contribution in [0.2, 0.25) is 0 Å². The summed E-state index contributed by atoms with van der Waals surface area (Å²) in [7, 11) is 0. The van der Waals surface area contributed by atoms with Gasteiger partial charge in [0, 0.05) is 98.8 Å². The van der Waals surface area contributed by atoms with Crippen LogP contribution in [0.4, 0.5) is 34.1 Å². The second-order valence-corrected chi connectivity index (χ2v) is 19.2. The summed E-state index contributed by atoms with van der Waals surface area (Å²) < 4.78 is 17.8. The smallest absolute Gasteiger partial charge is 0.135 e. The Morgan fingerprint density at radius 2 is 0.556 bits per heavy atom. The van der Waals surface area contributed by atoms with Gasteiger partial charge >= 0.3 is 0 Å². The van der Waals surface area contributed by atoms with Crippen LogP contribution in [0.15, 0.2) is 239 Å². The standard InChI is InChI=1S/C66H38N4O2/c1-3-15-39(16-4-1)67(43-29-33-59-49(35-43)45-19-9-13-25-57(45)71-59)41-27-31-55-51(37-41)63-64-52-38-42(68(40-17-5-2-6-18-40)44-30-34-60-50(36-44)46-20-10-14-26-58(46)72-60)28-32-56(52)70-54-24-12-8-22-48(54)62(66(64)70)61-47-21-7-11-23-53(47)69(55)65(61)63/h1-38H. The van der Waals surface area contributed by atoms with Crippen molar-refractivity contribution >= 4 is 154 Å². The van der Waals surface area contributed by atoms with E-state index in [1.807, 2.05) is 24.3 Å². The summed E-state index contributed by atoms with van der Waals surface area (Å²) in [5.41, 5.74) is 17.2. The van der Waals surface area contributed by atoms with Crippen molar-refractivity contribution in [2.75, 3.05) is 9.80 Å². The van der Waals surface area contributed by atoms with Gasteiger partial charge in [-0.05, 0) is 121 Å². The molecule has 0 unspecified atom stereocenters. The van der Waals surface area contributed by atoms with E-state index in [2.05, 4.69) is 225 Å². The molecule has 0 atom stereocenters. The second-order valence-electron chi connectivity index (χ2n) is 19.2. The number of nitrogens with zero attached hydrogens (tertiary/aromatic N) is 4. The van der Waals surface area contributed by atoms with Crippen LogP contribution in [-0.2, 0) is 0 Å². The fourth-order valence-corrected chi connectivity index (χ4v) is 12.6. The highest BCUT2D eigenvalue weighted by Gasteiger charge is 2.30. The highest BCUT2D eigenvalue weighted by molar-refractivity contribution is 6.45. The lowest BCUT2D eigenvalue weighted by Gasteiger charge is -2.26. The molecule has 0 spiro atoms. The average Bonchev–Trinajstić information content (AvgIpc) is 4.29. The molecule has 0 radical (unpaired) electrons. The lowest BCUT2D eigenvalue weighted by Crippen LogP contribution is -2.09. The number of hydrogen-bond donors (Lipinski definition) is 0. The van der Waals surface area contributed by atoms with Crippen LogP contribution in [0.25, 0.3) is 120 Å². The number of fused-ring (bicyclic) bond motifs is 20. The number of hydrogen-bond acceptors (Lipinski definition) is 4. The summed E-state index contributed by atoms with van der Waals surface area (Å²) in [6.07, 6.45) is 0. The Bertz CT molecular complexity index is 4740. The number of aromatic nitrogens is 2. The molecule has 0 aliphatic heterocycles. The fraction of sp³-hybridized carbons (Fsp3) is 0. The van der Waals surface area contributed by atoms with Crippen LogP contribution in [0.1, 0.15) is 0 Å². The van der Waals surface area contributed by atoms with E-state index in [-0.39, 0.29) is 0 Å². The van der Waals surface area contributed by atoms with Gasteiger partial charge in [0.15, 0.2) is 0 Å². The number of rotatable bonds is 6. The van der Waals surface area contributed by atoms with Gasteiger partial charge in [-0.15, -0.1) is 0 Å². The topological polar surface area (TPSA) is 41.6 Å². The Balaban J connectivity index is 0.995. The van der Waals surface area contributed by atoms with Crippen LogP contribution < -0.4 is 9.80 Å². The third-order valence-corrected chi connectivity index (χ3v) is 15.5. The van der Waals surface area contributed by atoms with Crippen LogP contribution in [0.5, 0.6) is 0 Å². The predicted octanol–water partition coefficient (Wildman–Crippen LogP) is 18.7. The molecule has 0 bridgehead atoms. The third-order valence-electron chi connectivity index (χ3n) is 15.5. The monoisotopic (exact) mass is 918 g/mol. The quantitative estimate of drug-likeness (QED) is 0.167. The lowest BCUT2D eigenvalue weighted by molar-refractivity contribution is 0.668. The zero-order valence-corrected chi connectivity index (χ0v) is 38.5. The summed E-state index contributed by atoms with van der Waals surface area (Å²) in [4.78, 5) is 4.78. The summed E-state index contributed by atoms with van der Waals surface area (Å²) >= 11 is 0. The molecule has 6 nitrogen and oxygen atoms in total. The van der Waals surface area contributed by atoms with Gasteiger partial charge < -0.3 is 27.4 Å². The minimum Gasteiger partial charge on any atom is -0.456 e. The summed E-state index contributed by atoms with van der Waals surface area (Å²) in [6.45, 7) is 0. The Morgan fingerprint density at radius 1 is 0.236 bits per heavy atom. The highest BCUT2D eigenvalue weighted by Crippen LogP contribution is 2.53. The first-order valence-corrected chi connectivity index (χ1v) is 24.6. The van der Waals surface area contributed by atoms with Crippen molar-refractivity contribution in [2.45, 2.75) is 0 Å². The molecule has 6 heteroatoms. The minimum atomic E-state index is 0.877. The first kappa shape index (κ1) is 38.1. The first-order chi connectivity index (χ1) is 35.7. The van der Waals surface area contributed by atoms with E-state index < -0.39 is 0 Å². The zero-order chi connectivity index (χ0) is 46.8. The Kier molecular flexibility index (Phi) is 7.38.